The summed E-state index contributed by atoms with van der Waals surface area (Å²) in [6, 6.07) is 15.5. The lowest BCUT2D eigenvalue weighted by atomic mass is 9.96. The van der Waals surface area contributed by atoms with Crippen LogP contribution in [0.15, 0.2) is 59.0 Å². The van der Waals surface area contributed by atoms with Gasteiger partial charge in [0.25, 0.3) is 0 Å². The number of fused-ring (bicyclic) bond motifs is 1. The predicted molar refractivity (Wildman–Crippen MR) is 93.7 cm³/mol. The molecule has 0 bridgehead atoms. The minimum atomic E-state index is -0.726. The van der Waals surface area contributed by atoms with Crippen LogP contribution in [0, 0.1) is 23.5 Å². The largest absolute Gasteiger partial charge is 0.459 e. The van der Waals surface area contributed by atoms with Gasteiger partial charge in [0, 0.05) is 28.1 Å². The molecule has 0 unspecified atom stereocenters. The molecule has 0 aliphatic rings. The van der Waals surface area contributed by atoms with Crippen molar-refractivity contribution >= 4 is 11.0 Å². The number of hydrogen-bond acceptors (Lipinski definition) is 2. The summed E-state index contributed by atoms with van der Waals surface area (Å²) in [4.78, 5) is 0. The summed E-state index contributed by atoms with van der Waals surface area (Å²) < 4.78 is 47.6. The third kappa shape index (κ3) is 2.76. The molecule has 4 rings (SSSR count). The van der Waals surface area contributed by atoms with Crippen molar-refractivity contribution in [2.75, 3.05) is 0 Å². The molecular formula is C21H13F3NO. The minimum absolute atomic E-state index is 0.166. The summed E-state index contributed by atoms with van der Waals surface area (Å²) in [5.74, 6) is -1.33. The SMILES string of the molecule is NCc1cc2cc(-c3cc[c]cc3F)cc(-c3ccc(F)cc3F)c2o1. The molecule has 1 aromatic heterocycles. The van der Waals surface area contributed by atoms with Gasteiger partial charge in [-0.15, -0.1) is 0 Å². The van der Waals surface area contributed by atoms with E-state index in [4.69, 9.17) is 10.2 Å². The van der Waals surface area contributed by atoms with Crippen LogP contribution in [0.2, 0.25) is 0 Å². The molecule has 0 atom stereocenters. The van der Waals surface area contributed by atoms with Gasteiger partial charge in [-0.05, 0) is 48.0 Å². The van der Waals surface area contributed by atoms with Crippen molar-refractivity contribution in [3.63, 3.8) is 0 Å². The molecule has 5 heteroatoms. The van der Waals surface area contributed by atoms with Crippen molar-refractivity contribution in [3.05, 3.63) is 83.9 Å². The van der Waals surface area contributed by atoms with Crippen molar-refractivity contribution in [2.24, 2.45) is 5.73 Å². The highest BCUT2D eigenvalue weighted by atomic mass is 19.1. The van der Waals surface area contributed by atoms with E-state index in [1.165, 1.54) is 18.2 Å². The van der Waals surface area contributed by atoms with E-state index < -0.39 is 17.5 Å². The molecule has 0 aliphatic carbocycles. The Kier molecular flexibility index (Phi) is 4.01. The van der Waals surface area contributed by atoms with Crippen molar-refractivity contribution in [1.82, 2.24) is 0 Å². The van der Waals surface area contributed by atoms with E-state index in [1.54, 1.807) is 30.3 Å². The second kappa shape index (κ2) is 6.35. The Bertz CT molecular complexity index is 1120. The van der Waals surface area contributed by atoms with Gasteiger partial charge in [0.2, 0.25) is 0 Å². The average Bonchev–Trinajstić information content (AvgIpc) is 3.05. The fraction of sp³-hybridized carbons (Fsp3) is 0.0476. The van der Waals surface area contributed by atoms with Crippen molar-refractivity contribution in [3.8, 4) is 22.3 Å². The molecule has 2 N–H and O–H groups in total. The molecule has 129 valence electrons. The van der Waals surface area contributed by atoms with Gasteiger partial charge in [-0.25, -0.2) is 13.2 Å². The standard InChI is InChI=1S/C21H13F3NO/c22-14-5-6-17(20(24)10-14)18-9-12(16-3-1-2-4-19(16)23)7-13-8-15(11-25)26-21(13)18/h1,3-10H,11,25H2. The van der Waals surface area contributed by atoms with Gasteiger partial charge in [-0.3, -0.25) is 0 Å². The minimum Gasteiger partial charge on any atom is -0.459 e. The lowest BCUT2D eigenvalue weighted by Gasteiger charge is -2.09. The smallest absolute Gasteiger partial charge is 0.142 e. The Hall–Kier alpha value is -3.05. The van der Waals surface area contributed by atoms with E-state index >= 15 is 0 Å². The van der Waals surface area contributed by atoms with Gasteiger partial charge in [-0.2, -0.15) is 0 Å². The Morgan fingerprint density at radius 3 is 2.46 bits per heavy atom. The van der Waals surface area contributed by atoms with Crippen LogP contribution in [0.3, 0.4) is 0 Å². The zero-order valence-electron chi connectivity index (χ0n) is 13.5. The third-order valence-corrected chi connectivity index (χ3v) is 4.21. The molecule has 1 heterocycles. The zero-order chi connectivity index (χ0) is 18.3. The van der Waals surface area contributed by atoms with Crippen LogP contribution in [0.25, 0.3) is 33.2 Å². The van der Waals surface area contributed by atoms with E-state index in [0.29, 0.717) is 33.4 Å². The van der Waals surface area contributed by atoms with Crippen LogP contribution in [0.5, 0.6) is 0 Å². The summed E-state index contributed by atoms with van der Waals surface area (Å²) in [6.07, 6.45) is 0. The Labute approximate surface area is 147 Å². The molecule has 0 amide bonds. The van der Waals surface area contributed by atoms with Gasteiger partial charge in [-0.1, -0.05) is 12.1 Å². The Balaban J connectivity index is 2.04. The Morgan fingerprint density at radius 1 is 0.885 bits per heavy atom. The topological polar surface area (TPSA) is 39.2 Å². The normalized spacial score (nSPS) is 11.2. The van der Waals surface area contributed by atoms with E-state index in [2.05, 4.69) is 6.07 Å². The molecule has 0 fully saturated rings. The molecule has 0 saturated carbocycles. The maximum atomic E-state index is 14.4. The van der Waals surface area contributed by atoms with Gasteiger partial charge in [0.1, 0.15) is 28.8 Å². The summed E-state index contributed by atoms with van der Waals surface area (Å²) in [7, 11) is 0. The van der Waals surface area contributed by atoms with Gasteiger partial charge < -0.3 is 10.2 Å². The molecule has 0 saturated heterocycles. The monoisotopic (exact) mass is 352 g/mol. The summed E-state index contributed by atoms with van der Waals surface area (Å²) in [6.45, 7) is 0.171. The molecule has 26 heavy (non-hydrogen) atoms. The fourth-order valence-electron chi connectivity index (χ4n) is 3.01. The van der Waals surface area contributed by atoms with Gasteiger partial charge in [0.15, 0.2) is 0 Å². The van der Waals surface area contributed by atoms with Crippen molar-refractivity contribution in [2.45, 2.75) is 6.54 Å². The first-order valence-corrected chi connectivity index (χ1v) is 7.95. The van der Waals surface area contributed by atoms with Crippen molar-refractivity contribution < 1.29 is 17.6 Å². The summed E-state index contributed by atoms with van der Waals surface area (Å²) in [5, 5.41) is 0.661. The second-order valence-electron chi connectivity index (χ2n) is 5.89. The quantitative estimate of drug-likeness (QED) is 0.533. The number of nitrogens with two attached hydrogens (primary N) is 1. The van der Waals surface area contributed by atoms with Crippen LogP contribution in [0.1, 0.15) is 5.76 Å². The molecule has 4 aromatic rings. The first kappa shape index (κ1) is 16.4. The maximum absolute atomic E-state index is 14.4. The molecule has 0 spiro atoms. The van der Waals surface area contributed by atoms with E-state index in [0.717, 1.165) is 6.07 Å². The number of rotatable bonds is 3. The fourth-order valence-corrected chi connectivity index (χ4v) is 3.01. The van der Waals surface area contributed by atoms with E-state index in [-0.39, 0.29) is 12.1 Å². The average molecular weight is 352 g/mol. The Morgan fingerprint density at radius 2 is 1.73 bits per heavy atom. The first-order chi connectivity index (χ1) is 12.6. The van der Waals surface area contributed by atoms with Crippen LogP contribution < -0.4 is 5.73 Å². The molecular weight excluding hydrogens is 339 g/mol. The van der Waals surface area contributed by atoms with Crippen LogP contribution >= 0.6 is 0 Å². The number of hydrogen-bond donors (Lipinski definition) is 1. The highest BCUT2D eigenvalue weighted by Crippen LogP contribution is 2.37. The molecule has 1 radical (unpaired) electrons. The van der Waals surface area contributed by atoms with Gasteiger partial charge >= 0.3 is 0 Å². The summed E-state index contributed by atoms with van der Waals surface area (Å²) in [5.41, 5.74) is 7.53. The molecule has 0 aliphatic heterocycles. The lowest BCUT2D eigenvalue weighted by Crippen LogP contribution is -1.92. The van der Waals surface area contributed by atoms with Crippen LogP contribution in [-0.2, 0) is 6.54 Å². The van der Waals surface area contributed by atoms with Gasteiger partial charge in [0.05, 0.1) is 6.54 Å². The second-order valence-corrected chi connectivity index (χ2v) is 5.89. The zero-order valence-corrected chi connectivity index (χ0v) is 13.5. The van der Waals surface area contributed by atoms with E-state index in [1.807, 2.05) is 0 Å². The predicted octanol–water partition coefficient (Wildman–Crippen LogP) is 5.44. The third-order valence-electron chi connectivity index (χ3n) is 4.21. The highest BCUT2D eigenvalue weighted by molar-refractivity contribution is 5.97. The highest BCUT2D eigenvalue weighted by Gasteiger charge is 2.17. The van der Waals surface area contributed by atoms with Crippen LogP contribution in [0.4, 0.5) is 13.2 Å². The first-order valence-electron chi connectivity index (χ1n) is 7.95. The van der Waals surface area contributed by atoms with E-state index in [9.17, 15) is 13.2 Å². The number of halogens is 3. The number of furan rings is 1. The summed E-state index contributed by atoms with van der Waals surface area (Å²) >= 11 is 0. The van der Waals surface area contributed by atoms with Crippen LogP contribution in [-0.4, -0.2) is 0 Å². The maximum Gasteiger partial charge on any atom is 0.142 e. The molecule has 3 aromatic carbocycles. The lowest BCUT2D eigenvalue weighted by molar-refractivity contribution is 0.552. The molecule has 2 nitrogen and oxygen atoms in total. The number of benzene rings is 3. The van der Waals surface area contributed by atoms with Crippen molar-refractivity contribution in [1.29, 1.82) is 0 Å².